The van der Waals surface area contributed by atoms with Crippen LogP contribution in [0.1, 0.15) is 36.6 Å². The number of carbonyl (C=O) groups is 3. The van der Waals surface area contributed by atoms with E-state index in [-0.39, 0.29) is 33.6 Å². The van der Waals surface area contributed by atoms with Crippen molar-refractivity contribution in [2.45, 2.75) is 0 Å². The molecule has 4 aromatic carbocycles. The van der Waals surface area contributed by atoms with Crippen molar-refractivity contribution in [1.82, 2.24) is 0 Å². The highest BCUT2D eigenvalue weighted by Gasteiger charge is 2.25. The van der Waals surface area contributed by atoms with E-state index < -0.39 is 17.7 Å². The molecule has 0 spiro atoms. The number of benzene rings is 4. The van der Waals surface area contributed by atoms with Gasteiger partial charge in [0.15, 0.2) is 5.78 Å². The quantitative estimate of drug-likeness (QED) is 0.142. The molecule has 174 valence electrons. The molecule has 4 aromatic rings. The van der Waals surface area contributed by atoms with Crippen LogP contribution in [0.15, 0.2) is 84.9 Å². The van der Waals surface area contributed by atoms with Crippen LogP contribution in [0, 0.1) is 0 Å². The van der Waals surface area contributed by atoms with Crippen LogP contribution in [-0.2, 0) is 0 Å². The van der Waals surface area contributed by atoms with E-state index in [1.165, 1.54) is 36.4 Å². The van der Waals surface area contributed by atoms with E-state index >= 15 is 0 Å². The highest BCUT2D eigenvalue weighted by atomic mass is 16.5. The molecule has 0 saturated heterocycles. The molecule has 0 aliphatic carbocycles. The van der Waals surface area contributed by atoms with E-state index in [1.54, 1.807) is 48.5 Å². The molecule has 0 fully saturated rings. The maximum Gasteiger partial charge on any atom is 0.344 e. The largest absolute Gasteiger partial charge is 0.478 e. The van der Waals surface area contributed by atoms with Crippen molar-refractivity contribution in [1.29, 1.82) is 0 Å². The number of hydrogen-bond acceptors (Lipinski definition) is 7. The Morgan fingerprint density at radius 2 is 1.11 bits per heavy atom. The summed E-state index contributed by atoms with van der Waals surface area (Å²) in [6.45, 7) is 0. The van der Waals surface area contributed by atoms with Crippen LogP contribution < -0.4 is 21.9 Å². The molecule has 35 heavy (non-hydrogen) atoms. The van der Waals surface area contributed by atoms with Crippen molar-refractivity contribution in [3.05, 3.63) is 107 Å². The molecule has 0 radical (unpaired) electrons. The van der Waals surface area contributed by atoms with Gasteiger partial charge in [-0.25, -0.2) is 9.59 Å². The Hall–Kier alpha value is -5.11. The summed E-state index contributed by atoms with van der Waals surface area (Å²) in [5, 5.41) is 10.0. The second-order valence-corrected chi connectivity index (χ2v) is 7.78. The lowest BCUT2D eigenvalue weighted by molar-refractivity contribution is 0.0697. The Kier molecular flexibility index (Phi) is 6.19. The summed E-state index contributed by atoms with van der Waals surface area (Å²) in [6, 6.07) is 21.3. The van der Waals surface area contributed by atoms with E-state index in [4.69, 9.17) is 21.9 Å². The van der Waals surface area contributed by atoms with Crippen molar-refractivity contribution >= 4 is 34.8 Å². The van der Waals surface area contributed by atoms with Crippen LogP contribution in [0.2, 0.25) is 0 Å². The van der Waals surface area contributed by atoms with Gasteiger partial charge < -0.3 is 27.0 Å². The third kappa shape index (κ3) is 4.96. The predicted molar refractivity (Wildman–Crippen MR) is 133 cm³/mol. The molecule has 0 bridgehead atoms. The van der Waals surface area contributed by atoms with Gasteiger partial charge in [-0.15, -0.1) is 0 Å². The van der Waals surface area contributed by atoms with Gasteiger partial charge in [0.1, 0.15) is 5.75 Å². The zero-order chi connectivity index (χ0) is 25.1. The summed E-state index contributed by atoms with van der Waals surface area (Å²) in [4.78, 5) is 38.7. The summed E-state index contributed by atoms with van der Waals surface area (Å²) in [6.07, 6.45) is 0. The number of carboxylic acid groups (broad SMARTS) is 1. The molecule has 0 heterocycles. The van der Waals surface area contributed by atoms with Crippen LogP contribution >= 0.6 is 0 Å². The van der Waals surface area contributed by atoms with Crippen LogP contribution in [-0.4, -0.2) is 22.8 Å². The number of anilines is 3. The average Bonchev–Trinajstić information content (AvgIpc) is 2.85. The van der Waals surface area contributed by atoms with Crippen molar-refractivity contribution in [3.8, 4) is 16.9 Å². The predicted octanol–water partition coefficient (Wildman–Crippen LogP) is 4.25. The number of ketones is 1. The minimum Gasteiger partial charge on any atom is -0.478 e. The zero-order valence-corrected chi connectivity index (χ0v) is 18.4. The number of hydrogen-bond donors (Lipinski definition) is 4. The molecule has 4 rings (SSSR count). The summed E-state index contributed by atoms with van der Waals surface area (Å²) in [5.74, 6) is -2.42. The van der Waals surface area contributed by atoms with Gasteiger partial charge in [-0.1, -0.05) is 12.1 Å². The van der Waals surface area contributed by atoms with E-state index in [1.807, 2.05) is 0 Å². The Labute approximate surface area is 200 Å². The van der Waals surface area contributed by atoms with E-state index in [0.717, 1.165) is 0 Å². The summed E-state index contributed by atoms with van der Waals surface area (Å²) >= 11 is 0. The highest BCUT2D eigenvalue weighted by molar-refractivity contribution is 6.14. The maximum absolute atomic E-state index is 13.3. The summed E-state index contributed by atoms with van der Waals surface area (Å²) in [5.41, 5.74) is 19.1. The molecule has 0 saturated carbocycles. The number of aromatic carboxylic acids is 1. The minimum atomic E-state index is -1.31. The van der Waals surface area contributed by atoms with Gasteiger partial charge in [0.05, 0.1) is 11.1 Å². The van der Waals surface area contributed by atoms with Crippen LogP contribution in [0.5, 0.6) is 5.75 Å². The normalized spacial score (nSPS) is 10.5. The molecule has 0 aliphatic heterocycles. The van der Waals surface area contributed by atoms with E-state index in [9.17, 15) is 19.5 Å². The first kappa shape index (κ1) is 23.1. The first-order chi connectivity index (χ1) is 16.7. The molecule has 0 unspecified atom stereocenters. The molecule has 8 nitrogen and oxygen atoms in total. The zero-order valence-electron chi connectivity index (χ0n) is 18.4. The van der Waals surface area contributed by atoms with E-state index in [2.05, 4.69) is 0 Å². The standard InChI is InChI=1S/C27H21N3O5/c28-18-5-1-15(2-6-18)24-22(26(32)33)13-17(25(31)16-3-7-19(29)8-4-16)14-23(24)27(34)35-21-11-9-20(30)10-12-21/h1-14H,28-30H2,(H,32,33). The van der Waals surface area contributed by atoms with Crippen molar-refractivity contribution < 1.29 is 24.2 Å². The SMILES string of the molecule is Nc1ccc(OC(=O)c2cc(C(=O)c3ccc(N)cc3)cc(C(=O)O)c2-c2ccc(N)cc2)cc1. The third-order valence-corrected chi connectivity index (χ3v) is 5.31. The van der Waals surface area contributed by atoms with Gasteiger partial charge in [0.25, 0.3) is 0 Å². The van der Waals surface area contributed by atoms with Crippen LogP contribution in [0.3, 0.4) is 0 Å². The Balaban J connectivity index is 1.89. The van der Waals surface area contributed by atoms with Gasteiger partial charge in [-0.2, -0.15) is 0 Å². The molecular formula is C27H21N3O5. The fourth-order valence-electron chi connectivity index (χ4n) is 3.56. The molecule has 0 aromatic heterocycles. The average molecular weight is 467 g/mol. The number of carboxylic acids is 1. The Morgan fingerprint density at radius 3 is 1.66 bits per heavy atom. The number of esters is 1. The fraction of sp³-hybridized carbons (Fsp3) is 0. The van der Waals surface area contributed by atoms with Crippen molar-refractivity contribution in [2.75, 3.05) is 17.2 Å². The van der Waals surface area contributed by atoms with Crippen molar-refractivity contribution in [3.63, 3.8) is 0 Å². The molecule has 0 atom stereocenters. The lowest BCUT2D eigenvalue weighted by Crippen LogP contribution is -2.15. The Morgan fingerprint density at radius 1 is 0.629 bits per heavy atom. The molecule has 0 amide bonds. The lowest BCUT2D eigenvalue weighted by atomic mass is 9.89. The number of nitrogen functional groups attached to an aromatic ring is 3. The van der Waals surface area contributed by atoms with Gasteiger partial charge in [0.2, 0.25) is 0 Å². The maximum atomic E-state index is 13.3. The summed E-state index contributed by atoms with van der Waals surface area (Å²) < 4.78 is 5.49. The molecule has 8 heteroatoms. The highest BCUT2D eigenvalue weighted by Crippen LogP contribution is 2.32. The second kappa shape index (κ2) is 9.40. The molecule has 7 N–H and O–H groups in total. The first-order valence-electron chi connectivity index (χ1n) is 10.5. The van der Waals surface area contributed by atoms with Crippen LogP contribution in [0.4, 0.5) is 17.1 Å². The Bertz CT molecular complexity index is 1430. The fourth-order valence-corrected chi connectivity index (χ4v) is 3.56. The molecule has 0 aliphatic rings. The van der Waals surface area contributed by atoms with Crippen molar-refractivity contribution in [2.24, 2.45) is 0 Å². The van der Waals surface area contributed by atoms with E-state index in [0.29, 0.717) is 22.6 Å². The first-order valence-corrected chi connectivity index (χ1v) is 10.5. The summed E-state index contributed by atoms with van der Waals surface area (Å²) in [7, 11) is 0. The van der Waals surface area contributed by atoms with Gasteiger partial charge in [-0.05, 0) is 78.4 Å². The topological polar surface area (TPSA) is 159 Å². The molecular weight excluding hydrogens is 446 g/mol. The monoisotopic (exact) mass is 467 g/mol. The third-order valence-electron chi connectivity index (χ3n) is 5.31. The number of nitrogens with two attached hydrogens (primary N) is 3. The lowest BCUT2D eigenvalue weighted by Gasteiger charge is -2.15. The smallest absolute Gasteiger partial charge is 0.344 e. The second-order valence-electron chi connectivity index (χ2n) is 7.78. The van der Waals surface area contributed by atoms with Gasteiger partial charge in [0, 0.05) is 33.8 Å². The number of ether oxygens (including phenoxy) is 1. The number of rotatable bonds is 6. The van der Waals surface area contributed by atoms with Gasteiger partial charge in [-0.3, -0.25) is 4.79 Å². The number of carbonyl (C=O) groups excluding carboxylic acids is 2. The minimum absolute atomic E-state index is 0.00984. The van der Waals surface area contributed by atoms with Gasteiger partial charge >= 0.3 is 11.9 Å². The van der Waals surface area contributed by atoms with Crippen LogP contribution in [0.25, 0.3) is 11.1 Å².